The van der Waals surface area contributed by atoms with Crippen LogP contribution in [0.15, 0.2) is 22.8 Å². The van der Waals surface area contributed by atoms with E-state index < -0.39 is 0 Å². The summed E-state index contributed by atoms with van der Waals surface area (Å²) in [6.45, 7) is 4.53. The molecule has 3 atom stereocenters. The van der Waals surface area contributed by atoms with Gasteiger partial charge in [-0.3, -0.25) is 0 Å². The molecule has 2 rings (SSSR count). The molecular weight excluding hydrogens is 186 g/mol. The van der Waals surface area contributed by atoms with Crippen molar-refractivity contribution in [1.29, 1.82) is 0 Å². The van der Waals surface area contributed by atoms with Crippen LogP contribution in [0, 0.1) is 5.92 Å². The Hall–Kier alpha value is -0.760. The second-order valence-electron chi connectivity index (χ2n) is 4.77. The van der Waals surface area contributed by atoms with Crippen molar-refractivity contribution < 1.29 is 4.42 Å². The van der Waals surface area contributed by atoms with Gasteiger partial charge in [0.25, 0.3) is 0 Å². The first kappa shape index (κ1) is 10.7. The average Bonchev–Trinajstić information content (AvgIpc) is 2.74. The van der Waals surface area contributed by atoms with Crippen molar-refractivity contribution in [2.45, 2.75) is 51.6 Å². The van der Waals surface area contributed by atoms with E-state index in [0.717, 1.165) is 11.7 Å². The van der Waals surface area contributed by atoms with Crippen molar-refractivity contribution in [2.75, 3.05) is 0 Å². The van der Waals surface area contributed by atoms with Gasteiger partial charge in [-0.15, -0.1) is 0 Å². The normalized spacial score (nSPS) is 28.9. The van der Waals surface area contributed by atoms with E-state index in [2.05, 4.69) is 19.2 Å². The Morgan fingerprint density at radius 2 is 2.20 bits per heavy atom. The number of hydrogen-bond acceptors (Lipinski definition) is 2. The van der Waals surface area contributed by atoms with Gasteiger partial charge in [0.15, 0.2) is 0 Å². The Morgan fingerprint density at radius 1 is 1.40 bits per heavy atom. The van der Waals surface area contributed by atoms with E-state index in [4.69, 9.17) is 4.42 Å². The molecule has 0 saturated heterocycles. The number of furan rings is 1. The van der Waals surface area contributed by atoms with E-state index in [1.165, 1.54) is 25.7 Å². The molecule has 1 fully saturated rings. The van der Waals surface area contributed by atoms with Crippen molar-refractivity contribution in [1.82, 2.24) is 5.32 Å². The van der Waals surface area contributed by atoms with Gasteiger partial charge >= 0.3 is 0 Å². The predicted octanol–water partition coefficient (Wildman–Crippen LogP) is 3.51. The average molecular weight is 207 g/mol. The number of rotatable bonds is 3. The third-order valence-corrected chi connectivity index (χ3v) is 3.55. The van der Waals surface area contributed by atoms with E-state index in [9.17, 15) is 0 Å². The van der Waals surface area contributed by atoms with Gasteiger partial charge < -0.3 is 9.73 Å². The standard InChI is InChI=1S/C13H21NO/c1-10-6-3-4-7-12(10)14-11(2)13-8-5-9-15-13/h5,8-12,14H,3-4,6-7H2,1-2H3/t10?,11-,12?/m0/s1. The van der Waals surface area contributed by atoms with Gasteiger partial charge in [-0.2, -0.15) is 0 Å². The third-order valence-electron chi connectivity index (χ3n) is 3.55. The molecular formula is C13H21NO. The summed E-state index contributed by atoms with van der Waals surface area (Å²) in [6.07, 6.45) is 7.19. The maximum absolute atomic E-state index is 5.41. The van der Waals surface area contributed by atoms with E-state index in [0.29, 0.717) is 12.1 Å². The SMILES string of the molecule is CC1CCCCC1N[C@@H](C)c1ccco1. The summed E-state index contributed by atoms with van der Waals surface area (Å²) in [7, 11) is 0. The Labute approximate surface area is 92.1 Å². The highest BCUT2D eigenvalue weighted by Gasteiger charge is 2.23. The molecule has 1 N–H and O–H groups in total. The molecule has 1 aliphatic carbocycles. The smallest absolute Gasteiger partial charge is 0.120 e. The van der Waals surface area contributed by atoms with Gasteiger partial charge in [-0.1, -0.05) is 19.8 Å². The molecule has 15 heavy (non-hydrogen) atoms. The minimum atomic E-state index is 0.338. The largest absolute Gasteiger partial charge is 0.468 e. The Balaban J connectivity index is 1.90. The summed E-state index contributed by atoms with van der Waals surface area (Å²) in [5.74, 6) is 1.85. The molecule has 1 saturated carbocycles. The van der Waals surface area contributed by atoms with Crippen molar-refractivity contribution in [3.05, 3.63) is 24.2 Å². The molecule has 0 spiro atoms. The van der Waals surface area contributed by atoms with E-state index in [1.54, 1.807) is 6.26 Å². The summed E-state index contributed by atoms with van der Waals surface area (Å²) >= 11 is 0. The monoisotopic (exact) mass is 207 g/mol. The van der Waals surface area contributed by atoms with Crippen LogP contribution in [0.1, 0.15) is 51.3 Å². The molecule has 0 aromatic carbocycles. The van der Waals surface area contributed by atoms with Gasteiger partial charge in [0.05, 0.1) is 12.3 Å². The highest BCUT2D eigenvalue weighted by atomic mass is 16.3. The fraction of sp³-hybridized carbons (Fsp3) is 0.692. The molecule has 0 aliphatic heterocycles. The van der Waals surface area contributed by atoms with Crippen LogP contribution in [-0.4, -0.2) is 6.04 Å². The van der Waals surface area contributed by atoms with Crippen LogP contribution >= 0.6 is 0 Å². The predicted molar refractivity (Wildman–Crippen MR) is 61.7 cm³/mol. The Kier molecular flexibility index (Phi) is 3.47. The second kappa shape index (κ2) is 4.84. The van der Waals surface area contributed by atoms with Gasteiger partial charge in [0.2, 0.25) is 0 Å². The van der Waals surface area contributed by atoms with E-state index in [1.807, 2.05) is 12.1 Å². The van der Waals surface area contributed by atoms with Crippen molar-refractivity contribution >= 4 is 0 Å². The zero-order valence-electron chi connectivity index (χ0n) is 9.70. The van der Waals surface area contributed by atoms with Gasteiger partial charge in [-0.25, -0.2) is 0 Å². The molecule has 1 aliphatic rings. The lowest BCUT2D eigenvalue weighted by molar-refractivity contribution is 0.253. The zero-order chi connectivity index (χ0) is 10.7. The van der Waals surface area contributed by atoms with E-state index >= 15 is 0 Å². The molecule has 1 aromatic rings. The lowest BCUT2D eigenvalue weighted by atomic mass is 9.85. The maximum atomic E-state index is 5.41. The summed E-state index contributed by atoms with van der Waals surface area (Å²) in [6, 6.07) is 5.01. The highest BCUT2D eigenvalue weighted by molar-refractivity contribution is 5.03. The minimum absolute atomic E-state index is 0.338. The molecule has 1 heterocycles. The van der Waals surface area contributed by atoms with Crippen LogP contribution in [0.25, 0.3) is 0 Å². The molecule has 2 heteroatoms. The van der Waals surface area contributed by atoms with Crippen molar-refractivity contribution in [2.24, 2.45) is 5.92 Å². The first-order chi connectivity index (χ1) is 7.27. The molecule has 2 unspecified atom stereocenters. The molecule has 84 valence electrons. The van der Waals surface area contributed by atoms with Gasteiger partial charge in [0.1, 0.15) is 5.76 Å². The minimum Gasteiger partial charge on any atom is -0.468 e. The van der Waals surface area contributed by atoms with Gasteiger partial charge in [-0.05, 0) is 37.8 Å². The van der Waals surface area contributed by atoms with Crippen LogP contribution in [0.5, 0.6) is 0 Å². The molecule has 0 amide bonds. The molecule has 2 nitrogen and oxygen atoms in total. The molecule has 0 bridgehead atoms. The van der Waals surface area contributed by atoms with Gasteiger partial charge in [0, 0.05) is 6.04 Å². The number of nitrogens with one attached hydrogen (secondary N) is 1. The summed E-state index contributed by atoms with van der Waals surface area (Å²) in [4.78, 5) is 0. The summed E-state index contributed by atoms with van der Waals surface area (Å²) in [5, 5.41) is 3.68. The van der Waals surface area contributed by atoms with Crippen LogP contribution in [0.2, 0.25) is 0 Å². The lowest BCUT2D eigenvalue weighted by Crippen LogP contribution is -2.38. The highest BCUT2D eigenvalue weighted by Crippen LogP contribution is 2.26. The summed E-state index contributed by atoms with van der Waals surface area (Å²) < 4.78 is 5.41. The zero-order valence-corrected chi connectivity index (χ0v) is 9.70. The van der Waals surface area contributed by atoms with Crippen LogP contribution in [-0.2, 0) is 0 Å². The van der Waals surface area contributed by atoms with Crippen LogP contribution in [0.3, 0.4) is 0 Å². The van der Waals surface area contributed by atoms with E-state index in [-0.39, 0.29) is 0 Å². The van der Waals surface area contributed by atoms with Crippen molar-refractivity contribution in [3.63, 3.8) is 0 Å². The maximum Gasteiger partial charge on any atom is 0.120 e. The molecule has 1 aromatic heterocycles. The van der Waals surface area contributed by atoms with Crippen LogP contribution < -0.4 is 5.32 Å². The fourth-order valence-corrected chi connectivity index (χ4v) is 2.50. The van der Waals surface area contributed by atoms with Crippen LogP contribution in [0.4, 0.5) is 0 Å². The quantitative estimate of drug-likeness (QED) is 0.820. The first-order valence-electron chi connectivity index (χ1n) is 6.07. The summed E-state index contributed by atoms with van der Waals surface area (Å²) in [5.41, 5.74) is 0. The topological polar surface area (TPSA) is 25.2 Å². The lowest BCUT2D eigenvalue weighted by Gasteiger charge is -2.31. The van der Waals surface area contributed by atoms with Crippen molar-refractivity contribution in [3.8, 4) is 0 Å². The number of hydrogen-bond donors (Lipinski definition) is 1. The second-order valence-corrected chi connectivity index (χ2v) is 4.77. The molecule has 0 radical (unpaired) electrons. The third kappa shape index (κ3) is 2.63. The Morgan fingerprint density at radius 3 is 2.87 bits per heavy atom. The first-order valence-corrected chi connectivity index (χ1v) is 6.07. The fourth-order valence-electron chi connectivity index (χ4n) is 2.50. The Bertz CT molecular complexity index is 281.